The van der Waals surface area contributed by atoms with Crippen molar-refractivity contribution >= 4 is 17.4 Å². The summed E-state index contributed by atoms with van der Waals surface area (Å²) >= 11 is 1.53. The molecule has 0 amide bonds. The Labute approximate surface area is 119 Å². The summed E-state index contributed by atoms with van der Waals surface area (Å²) in [7, 11) is 0. The molecule has 0 spiro atoms. The molecule has 20 heavy (non-hydrogen) atoms. The predicted molar refractivity (Wildman–Crippen MR) is 76.9 cm³/mol. The van der Waals surface area contributed by atoms with Gasteiger partial charge < -0.3 is 5.73 Å². The van der Waals surface area contributed by atoms with Crippen molar-refractivity contribution in [1.29, 1.82) is 0 Å². The molecule has 0 heterocycles. The second-order valence-corrected chi connectivity index (χ2v) is 5.23. The van der Waals surface area contributed by atoms with Gasteiger partial charge in [0.2, 0.25) is 5.82 Å². The molecule has 104 valence electrons. The first-order valence-corrected chi connectivity index (χ1v) is 6.93. The molecular formula is C14H13FN2O2S. The molecule has 2 rings (SSSR count). The third-order valence-corrected chi connectivity index (χ3v) is 3.81. The van der Waals surface area contributed by atoms with Crippen LogP contribution in [0.4, 0.5) is 10.1 Å². The SMILES string of the molecule is NCc1cccc(SCc2ccc([N+](=O)[O-])c(F)c2)c1. The molecule has 0 bridgehead atoms. The Morgan fingerprint density at radius 2 is 2.00 bits per heavy atom. The molecular weight excluding hydrogens is 279 g/mol. The minimum Gasteiger partial charge on any atom is -0.326 e. The zero-order chi connectivity index (χ0) is 14.5. The zero-order valence-corrected chi connectivity index (χ0v) is 11.4. The fraction of sp³-hybridized carbons (Fsp3) is 0.143. The number of rotatable bonds is 5. The van der Waals surface area contributed by atoms with Crippen molar-refractivity contribution in [3.05, 3.63) is 69.5 Å². The Hall–Kier alpha value is -1.92. The monoisotopic (exact) mass is 292 g/mol. The van der Waals surface area contributed by atoms with Crippen molar-refractivity contribution in [3.63, 3.8) is 0 Å². The lowest BCUT2D eigenvalue weighted by Crippen LogP contribution is -1.95. The Morgan fingerprint density at radius 3 is 2.65 bits per heavy atom. The summed E-state index contributed by atoms with van der Waals surface area (Å²) in [5.74, 6) is -0.257. The fourth-order valence-electron chi connectivity index (χ4n) is 1.72. The van der Waals surface area contributed by atoms with Crippen LogP contribution in [0.15, 0.2) is 47.4 Å². The summed E-state index contributed by atoms with van der Waals surface area (Å²) in [4.78, 5) is 10.8. The summed E-state index contributed by atoms with van der Waals surface area (Å²) in [5, 5.41) is 10.5. The van der Waals surface area contributed by atoms with Crippen LogP contribution in [-0.4, -0.2) is 4.92 Å². The lowest BCUT2D eigenvalue weighted by Gasteiger charge is -2.04. The molecule has 0 saturated heterocycles. The van der Waals surface area contributed by atoms with E-state index in [9.17, 15) is 14.5 Å². The number of nitro benzene ring substituents is 1. The molecule has 0 saturated carbocycles. The number of benzene rings is 2. The predicted octanol–water partition coefficient (Wildman–Crippen LogP) is 3.48. The first kappa shape index (κ1) is 14.5. The summed E-state index contributed by atoms with van der Waals surface area (Å²) < 4.78 is 13.5. The highest BCUT2D eigenvalue weighted by Gasteiger charge is 2.13. The van der Waals surface area contributed by atoms with Gasteiger partial charge in [-0.3, -0.25) is 10.1 Å². The molecule has 2 aromatic rings. The van der Waals surface area contributed by atoms with Crippen LogP contribution in [0.25, 0.3) is 0 Å². The molecule has 0 aliphatic carbocycles. The average molecular weight is 292 g/mol. The summed E-state index contributed by atoms with van der Waals surface area (Å²) in [6.07, 6.45) is 0. The lowest BCUT2D eigenvalue weighted by atomic mass is 10.2. The fourth-order valence-corrected chi connectivity index (χ4v) is 2.64. The molecule has 0 fully saturated rings. The highest BCUT2D eigenvalue weighted by Crippen LogP contribution is 2.26. The Balaban J connectivity index is 2.07. The molecule has 0 aliphatic rings. The van der Waals surface area contributed by atoms with Crippen molar-refractivity contribution in [3.8, 4) is 0 Å². The van der Waals surface area contributed by atoms with Crippen molar-refractivity contribution in [2.75, 3.05) is 0 Å². The number of nitrogens with zero attached hydrogens (tertiary/aromatic N) is 1. The highest BCUT2D eigenvalue weighted by molar-refractivity contribution is 7.98. The van der Waals surface area contributed by atoms with Gasteiger partial charge in [-0.2, -0.15) is 4.39 Å². The summed E-state index contributed by atoms with van der Waals surface area (Å²) in [6.45, 7) is 0.473. The van der Waals surface area contributed by atoms with Crippen molar-refractivity contribution in [1.82, 2.24) is 0 Å². The van der Waals surface area contributed by atoms with Gasteiger partial charge in [-0.25, -0.2) is 0 Å². The van der Waals surface area contributed by atoms with Crippen LogP contribution >= 0.6 is 11.8 Å². The number of hydrogen-bond acceptors (Lipinski definition) is 4. The molecule has 2 aromatic carbocycles. The minimum absolute atomic E-state index is 0.473. The quantitative estimate of drug-likeness (QED) is 0.520. The third-order valence-electron chi connectivity index (χ3n) is 2.75. The molecule has 0 radical (unpaired) electrons. The average Bonchev–Trinajstić information content (AvgIpc) is 2.45. The number of nitro groups is 1. The van der Waals surface area contributed by atoms with Gasteiger partial charge in [0.25, 0.3) is 0 Å². The van der Waals surface area contributed by atoms with Gasteiger partial charge in [0, 0.05) is 23.3 Å². The van der Waals surface area contributed by atoms with E-state index >= 15 is 0 Å². The Kier molecular flexibility index (Phi) is 4.70. The molecule has 0 aromatic heterocycles. The maximum Gasteiger partial charge on any atom is 0.304 e. The number of halogens is 1. The van der Waals surface area contributed by atoms with Crippen LogP contribution in [0.5, 0.6) is 0 Å². The van der Waals surface area contributed by atoms with E-state index in [1.54, 1.807) is 6.07 Å². The van der Waals surface area contributed by atoms with Gasteiger partial charge in [0.15, 0.2) is 0 Å². The van der Waals surface area contributed by atoms with Gasteiger partial charge >= 0.3 is 5.69 Å². The van der Waals surface area contributed by atoms with E-state index in [2.05, 4.69) is 0 Å². The van der Waals surface area contributed by atoms with Crippen LogP contribution in [-0.2, 0) is 12.3 Å². The smallest absolute Gasteiger partial charge is 0.304 e. The second-order valence-electron chi connectivity index (χ2n) is 4.18. The topological polar surface area (TPSA) is 69.2 Å². The van der Waals surface area contributed by atoms with E-state index in [0.717, 1.165) is 10.5 Å². The summed E-state index contributed by atoms with van der Waals surface area (Å²) in [5.41, 5.74) is 6.81. The molecule has 0 atom stereocenters. The summed E-state index contributed by atoms with van der Waals surface area (Å²) in [6, 6.07) is 11.8. The lowest BCUT2D eigenvalue weighted by molar-refractivity contribution is -0.387. The van der Waals surface area contributed by atoms with Gasteiger partial charge in [-0.1, -0.05) is 18.2 Å². The largest absolute Gasteiger partial charge is 0.326 e. The Bertz CT molecular complexity index is 634. The maximum absolute atomic E-state index is 13.5. The first-order valence-electron chi connectivity index (χ1n) is 5.95. The number of nitrogens with two attached hydrogens (primary N) is 1. The molecule has 0 aliphatic heterocycles. The van der Waals surface area contributed by atoms with Crippen LogP contribution in [0.2, 0.25) is 0 Å². The first-order chi connectivity index (χ1) is 9.60. The van der Waals surface area contributed by atoms with Gasteiger partial charge in [0.1, 0.15) is 0 Å². The van der Waals surface area contributed by atoms with E-state index in [1.807, 2.05) is 24.3 Å². The van der Waals surface area contributed by atoms with E-state index < -0.39 is 16.4 Å². The van der Waals surface area contributed by atoms with E-state index in [1.165, 1.54) is 23.9 Å². The normalized spacial score (nSPS) is 10.5. The molecule has 2 N–H and O–H groups in total. The van der Waals surface area contributed by atoms with Crippen molar-refractivity contribution in [2.45, 2.75) is 17.2 Å². The van der Waals surface area contributed by atoms with E-state index in [-0.39, 0.29) is 0 Å². The number of hydrogen-bond donors (Lipinski definition) is 1. The van der Waals surface area contributed by atoms with Crippen LogP contribution in [0, 0.1) is 15.9 Å². The van der Waals surface area contributed by atoms with Crippen LogP contribution in [0.1, 0.15) is 11.1 Å². The minimum atomic E-state index is -0.802. The van der Waals surface area contributed by atoms with E-state index in [0.29, 0.717) is 17.9 Å². The van der Waals surface area contributed by atoms with Gasteiger partial charge in [-0.05, 0) is 29.3 Å². The van der Waals surface area contributed by atoms with Crippen LogP contribution < -0.4 is 5.73 Å². The molecule has 6 heteroatoms. The number of thioether (sulfide) groups is 1. The van der Waals surface area contributed by atoms with Crippen LogP contribution in [0.3, 0.4) is 0 Å². The third kappa shape index (κ3) is 3.55. The van der Waals surface area contributed by atoms with E-state index in [4.69, 9.17) is 5.73 Å². The zero-order valence-electron chi connectivity index (χ0n) is 10.6. The Morgan fingerprint density at radius 1 is 1.20 bits per heavy atom. The van der Waals surface area contributed by atoms with Crippen molar-refractivity contribution < 1.29 is 9.31 Å². The highest BCUT2D eigenvalue weighted by atomic mass is 32.2. The van der Waals surface area contributed by atoms with Gasteiger partial charge in [-0.15, -0.1) is 11.8 Å². The van der Waals surface area contributed by atoms with Crippen molar-refractivity contribution in [2.24, 2.45) is 5.73 Å². The standard InChI is InChI=1S/C14H13FN2O2S/c15-13-7-11(4-5-14(13)17(18)19)9-20-12-3-1-2-10(6-12)8-16/h1-7H,8-9,16H2. The second kappa shape index (κ2) is 6.49. The molecule has 4 nitrogen and oxygen atoms in total. The maximum atomic E-state index is 13.5. The molecule has 0 unspecified atom stereocenters. The van der Waals surface area contributed by atoms with Gasteiger partial charge in [0.05, 0.1) is 4.92 Å².